The number of nitrogens with one attached hydrogen (secondary N) is 1. The van der Waals surface area contributed by atoms with Crippen molar-refractivity contribution in [3.8, 4) is 0 Å². The SMILES string of the molecule is CCN(C)CC(CNc1nccn1C1CCCCC1)OC. The normalized spacial score (nSPS) is 18.1. The van der Waals surface area contributed by atoms with Crippen molar-refractivity contribution in [1.29, 1.82) is 0 Å². The molecule has 1 heterocycles. The predicted molar refractivity (Wildman–Crippen MR) is 86.8 cm³/mol. The van der Waals surface area contributed by atoms with Crippen LogP contribution in [0.15, 0.2) is 12.4 Å². The second kappa shape index (κ2) is 8.39. The summed E-state index contributed by atoms with van der Waals surface area (Å²) >= 11 is 0. The fourth-order valence-electron chi connectivity index (χ4n) is 3.01. The van der Waals surface area contributed by atoms with Gasteiger partial charge in [0.15, 0.2) is 0 Å². The minimum Gasteiger partial charge on any atom is -0.378 e. The number of methoxy groups -OCH3 is 1. The van der Waals surface area contributed by atoms with Gasteiger partial charge in [-0.2, -0.15) is 0 Å². The molecule has 0 aromatic carbocycles. The van der Waals surface area contributed by atoms with E-state index in [0.29, 0.717) is 6.04 Å². The van der Waals surface area contributed by atoms with Crippen LogP contribution in [0.3, 0.4) is 0 Å². The molecule has 21 heavy (non-hydrogen) atoms. The lowest BCUT2D eigenvalue weighted by atomic mass is 9.95. The highest BCUT2D eigenvalue weighted by Crippen LogP contribution is 2.30. The summed E-state index contributed by atoms with van der Waals surface area (Å²) in [6.07, 6.45) is 10.8. The Morgan fingerprint density at radius 3 is 2.86 bits per heavy atom. The van der Waals surface area contributed by atoms with Crippen molar-refractivity contribution in [2.45, 2.75) is 51.2 Å². The maximum atomic E-state index is 5.57. The number of imidazole rings is 1. The average molecular weight is 294 g/mol. The molecule has 5 heteroatoms. The van der Waals surface area contributed by atoms with E-state index in [-0.39, 0.29) is 6.10 Å². The van der Waals surface area contributed by atoms with E-state index in [1.807, 2.05) is 6.20 Å². The Bertz CT molecular complexity index is 401. The highest BCUT2D eigenvalue weighted by atomic mass is 16.5. The van der Waals surface area contributed by atoms with Gasteiger partial charge in [-0.1, -0.05) is 26.2 Å². The van der Waals surface area contributed by atoms with Crippen LogP contribution >= 0.6 is 0 Å². The fourth-order valence-corrected chi connectivity index (χ4v) is 3.01. The van der Waals surface area contributed by atoms with E-state index >= 15 is 0 Å². The molecule has 1 N–H and O–H groups in total. The summed E-state index contributed by atoms with van der Waals surface area (Å²) in [6.45, 7) is 4.93. The smallest absolute Gasteiger partial charge is 0.203 e. The van der Waals surface area contributed by atoms with E-state index in [1.54, 1.807) is 7.11 Å². The topological polar surface area (TPSA) is 42.3 Å². The van der Waals surface area contributed by atoms with Gasteiger partial charge in [-0.25, -0.2) is 4.98 Å². The summed E-state index contributed by atoms with van der Waals surface area (Å²) in [4.78, 5) is 6.75. The summed E-state index contributed by atoms with van der Waals surface area (Å²) in [6, 6.07) is 0.614. The van der Waals surface area contributed by atoms with Gasteiger partial charge in [0.05, 0.1) is 6.10 Å². The Morgan fingerprint density at radius 2 is 2.19 bits per heavy atom. The first-order valence-electron chi connectivity index (χ1n) is 8.22. The number of ether oxygens (including phenoxy) is 1. The molecule has 1 aromatic rings. The van der Waals surface area contributed by atoms with Crippen LogP contribution in [0.1, 0.15) is 45.1 Å². The number of hydrogen-bond acceptors (Lipinski definition) is 4. The molecule has 120 valence electrons. The summed E-state index contributed by atoms with van der Waals surface area (Å²) < 4.78 is 7.88. The number of nitrogens with zero attached hydrogens (tertiary/aromatic N) is 3. The van der Waals surface area contributed by atoms with Crippen molar-refractivity contribution in [3.63, 3.8) is 0 Å². The third-order valence-electron chi connectivity index (χ3n) is 4.51. The summed E-state index contributed by atoms with van der Waals surface area (Å²) in [5.41, 5.74) is 0. The molecule has 0 spiro atoms. The molecule has 1 unspecified atom stereocenters. The zero-order valence-electron chi connectivity index (χ0n) is 13.7. The van der Waals surface area contributed by atoms with Crippen LogP contribution in [0.25, 0.3) is 0 Å². The lowest BCUT2D eigenvalue weighted by Crippen LogP contribution is -2.35. The number of likely N-dealkylation sites (N-methyl/N-ethyl adjacent to an activating group) is 1. The van der Waals surface area contributed by atoms with Crippen molar-refractivity contribution in [2.75, 3.05) is 39.1 Å². The van der Waals surface area contributed by atoms with Crippen LogP contribution in [-0.4, -0.2) is 54.3 Å². The maximum absolute atomic E-state index is 5.57. The Kier molecular flexibility index (Phi) is 6.51. The van der Waals surface area contributed by atoms with Crippen molar-refractivity contribution in [1.82, 2.24) is 14.5 Å². The second-order valence-corrected chi connectivity index (χ2v) is 6.04. The molecule has 1 saturated carbocycles. The van der Waals surface area contributed by atoms with Crippen LogP contribution < -0.4 is 5.32 Å². The lowest BCUT2D eigenvalue weighted by molar-refractivity contribution is 0.0825. The highest BCUT2D eigenvalue weighted by molar-refractivity contribution is 5.27. The molecule has 0 saturated heterocycles. The molecule has 5 nitrogen and oxygen atoms in total. The van der Waals surface area contributed by atoms with Gasteiger partial charge in [0.2, 0.25) is 5.95 Å². The quantitative estimate of drug-likeness (QED) is 0.800. The fraction of sp³-hybridized carbons (Fsp3) is 0.812. The minimum atomic E-state index is 0.187. The molecule has 0 bridgehead atoms. The van der Waals surface area contributed by atoms with Crippen molar-refractivity contribution >= 4 is 5.95 Å². The molecule has 1 aliphatic rings. The number of aromatic nitrogens is 2. The summed E-state index contributed by atoms with van der Waals surface area (Å²) in [7, 11) is 3.90. The van der Waals surface area contributed by atoms with Gasteiger partial charge in [0.1, 0.15) is 0 Å². The average Bonchev–Trinajstić information content (AvgIpc) is 3.00. The monoisotopic (exact) mass is 294 g/mol. The Balaban J connectivity index is 1.89. The van der Waals surface area contributed by atoms with Crippen LogP contribution in [0.2, 0.25) is 0 Å². The molecular formula is C16H30N4O. The largest absolute Gasteiger partial charge is 0.378 e. The van der Waals surface area contributed by atoms with Crippen LogP contribution in [0.4, 0.5) is 5.95 Å². The standard InChI is InChI=1S/C16H30N4O/c1-4-19(2)13-15(21-3)12-18-16-17-10-11-20(16)14-8-6-5-7-9-14/h10-11,14-15H,4-9,12-13H2,1-3H3,(H,17,18). The first-order valence-corrected chi connectivity index (χ1v) is 8.22. The van der Waals surface area contributed by atoms with Crippen LogP contribution in [0, 0.1) is 0 Å². The molecule has 2 rings (SSSR count). The molecule has 0 amide bonds. The maximum Gasteiger partial charge on any atom is 0.203 e. The minimum absolute atomic E-state index is 0.187. The molecule has 0 radical (unpaired) electrons. The van der Waals surface area contributed by atoms with Gasteiger partial charge in [0, 0.05) is 38.6 Å². The first kappa shape index (κ1) is 16.3. The number of hydrogen-bond donors (Lipinski definition) is 1. The summed E-state index contributed by atoms with van der Waals surface area (Å²) in [5.74, 6) is 0.989. The van der Waals surface area contributed by atoms with Crippen molar-refractivity contribution < 1.29 is 4.74 Å². The van der Waals surface area contributed by atoms with Gasteiger partial charge < -0.3 is 19.5 Å². The first-order chi connectivity index (χ1) is 10.2. The molecular weight excluding hydrogens is 264 g/mol. The van der Waals surface area contributed by atoms with Gasteiger partial charge in [-0.15, -0.1) is 0 Å². The van der Waals surface area contributed by atoms with Crippen LogP contribution in [0.5, 0.6) is 0 Å². The number of rotatable bonds is 8. The zero-order valence-corrected chi connectivity index (χ0v) is 13.7. The van der Waals surface area contributed by atoms with Crippen molar-refractivity contribution in [3.05, 3.63) is 12.4 Å². The molecule has 1 aliphatic carbocycles. The Morgan fingerprint density at radius 1 is 1.43 bits per heavy atom. The van der Waals surface area contributed by atoms with E-state index in [9.17, 15) is 0 Å². The van der Waals surface area contributed by atoms with E-state index in [0.717, 1.165) is 25.6 Å². The summed E-state index contributed by atoms with van der Waals surface area (Å²) in [5, 5.41) is 3.47. The van der Waals surface area contributed by atoms with E-state index in [2.05, 4.69) is 39.9 Å². The van der Waals surface area contributed by atoms with Crippen molar-refractivity contribution in [2.24, 2.45) is 0 Å². The van der Waals surface area contributed by atoms with Gasteiger partial charge in [-0.05, 0) is 26.4 Å². The van der Waals surface area contributed by atoms with E-state index < -0.39 is 0 Å². The van der Waals surface area contributed by atoms with Gasteiger partial charge >= 0.3 is 0 Å². The highest BCUT2D eigenvalue weighted by Gasteiger charge is 2.18. The predicted octanol–water partition coefficient (Wildman–Crippen LogP) is 2.77. The van der Waals surface area contributed by atoms with Crippen LogP contribution in [-0.2, 0) is 4.74 Å². The lowest BCUT2D eigenvalue weighted by Gasteiger charge is -2.26. The molecule has 1 aromatic heterocycles. The number of anilines is 1. The third kappa shape index (κ3) is 4.71. The van der Waals surface area contributed by atoms with E-state index in [1.165, 1.54) is 32.1 Å². The van der Waals surface area contributed by atoms with Gasteiger partial charge in [0.25, 0.3) is 0 Å². The Labute approximate surface area is 128 Å². The van der Waals surface area contributed by atoms with Gasteiger partial charge in [-0.3, -0.25) is 0 Å². The Hall–Kier alpha value is -1.07. The molecule has 0 aliphatic heterocycles. The van der Waals surface area contributed by atoms with E-state index in [4.69, 9.17) is 4.74 Å². The zero-order chi connectivity index (χ0) is 15.1. The molecule has 1 fully saturated rings. The third-order valence-corrected chi connectivity index (χ3v) is 4.51. The second-order valence-electron chi connectivity index (χ2n) is 6.04. The molecule has 1 atom stereocenters.